The molecule has 0 bridgehead atoms. The molecule has 0 saturated carbocycles. The van der Waals surface area contributed by atoms with E-state index >= 15 is 0 Å². The molecule has 0 spiro atoms. The van der Waals surface area contributed by atoms with Gasteiger partial charge in [0.05, 0.1) is 11.1 Å². The Morgan fingerprint density at radius 1 is 0.893 bits per heavy atom. The zero-order valence-electron chi connectivity index (χ0n) is 15.3. The standard InChI is InChI=1S/C17H21F6N3O2/c1-3-26(4-2)7-5-6-24-14(27)15(28)25-13-9-11(16(18,19)20)8-12(10-13)17(21,22)23/h8-10H,3-7H2,1-2H3,(H,24,27)(H,25,28). The maximum atomic E-state index is 12.8. The van der Waals surface area contributed by atoms with Gasteiger partial charge in [0.2, 0.25) is 0 Å². The normalized spacial score (nSPS) is 12.2. The number of rotatable bonds is 7. The van der Waals surface area contributed by atoms with E-state index in [4.69, 9.17) is 0 Å². The summed E-state index contributed by atoms with van der Waals surface area (Å²) >= 11 is 0. The first-order valence-electron chi connectivity index (χ1n) is 8.49. The summed E-state index contributed by atoms with van der Waals surface area (Å²) in [6.07, 6.45) is -9.57. The predicted molar refractivity (Wildman–Crippen MR) is 90.5 cm³/mol. The highest BCUT2D eigenvalue weighted by Gasteiger charge is 2.37. The number of nitrogens with zero attached hydrogens (tertiary/aromatic N) is 1. The van der Waals surface area contributed by atoms with E-state index in [0.717, 1.165) is 13.1 Å². The molecule has 0 fully saturated rings. The lowest BCUT2D eigenvalue weighted by Crippen LogP contribution is -2.37. The van der Waals surface area contributed by atoms with Gasteiger partial charge in [0, 0.05) is 12.2 Å². The molecule has 158 valence electrons. The molecule has 2 N–H and O–H groups in total. The van der Waals surface area contributed by atoms with Crippen molar-refractivity contribution in [3.8, 4) is 0 Å². The Labute approximate surface area is 158 Å². The summed E-state index contributed by atoms with van der Waals surface area (Å²) in [5, 5.41) is 4.05. The average Bonchev–Trinajstić information content (AvgIpc) is 2.59. The minimum atomic E-state index is -5.05. The molecule has 11 heteroatoms. The summed E-state index contributed by atoms with van der Waals surface area (Å²) in [6, 6.07) is 0.602. The number of carbonyl (C=O) groups excluding carboxylic acids is 2. The van der Waals surface area contributed by atoms with Gasteiger partial charge in [-0.05, 0) is 44.3 Å². The van der Waals surface area contributed by atoms with Crippen LogP contribution >= 0.6 is 0 Å². The van der Waals surface area contributed by atoms with Crippen molar-refractivity contribution in [2.45, 2.75) is 32.6 Å². The molecule has 2 amide bonds. The minimum Gasteiger partial charge on any atom is -0.348 e. The first-order chi connectivity index (χ1) is 12.9. The van der Waals surface area contributed by atoms with Crippen LogP contribution in [-0.4, -0.2) is 42.9 Å². The third-order valence-corrected chi connectivity index (χ3v) is 3.88. The Hall–Kier alpha value is -2.30. The van der Waals surface area contributed by atoms with Crippen LogP contribution in [0.2, 0.25) is 0 Å². The van der Waals surface area contributed by atoms with Crippen LogP contribution in [0.3, 0.4) is 0 Å². The Kier molecular flexibility index (Phi) is 8.28. The van der Waals surface area contributed by atoms with Crippen LogP contribution in [0.5, 0.6) is 0 Å². The molecule has 0 aliphatic rings. The quantitative estimate of drug-likeness (QED) is 0.409. The van der Waals surface area contributed by atoms with E-state index in [-0.39, 0.29) is 12.6 Å². The van der Waals surface area contributed by atoms with Crippen molar-refractivity contribution in [3.05, 3.63) is 29.3 Å². The van der Waals surface area contributed by atoms with Crippen LogP contribution in [0.25, 0.3) is 0 Å². The van der Waals surface area contributed by atoms with Gasteiger partial charge < -0.3 is 15.5 Å². The zero-order valence-corrected chi connectivity index (χ0v) is 15.3. The molecular formula is C17H21F6N3O2. The summed E-state index contributed by atoms with van der Waals surface area (Å²) in [5.41, 5.74) is -3.94. The first kappa shape index (κ1) is 23.7. The van der Waals surface area contributed by atoms with Crippen molar-refractivity contribution in [3.63, 3.8) is 0 Å². The van der Waals surface area contributed by atoms with Gasteiger partial charge in [-0.25, -0.2) is 0 Å². The summed E-state index contributed by atoms with van der Waals surface area (Å²) in [5.74, 6) is -2.50. The lowest BCUT2D eigenvalue weighted by molar-refractivity contribution is -0.143. The molecule has 0 saturated heterocycles. The summed E-state index contributed by atoms with van der Waals surface area (Å²) in [7, 11) is 0. The van der Waals surface area contributed by atoms with Crippen LogP contribution < -0.4 is 10.6 Å². The van der Waals surface area contributed by atoms with E-state index in [2.05, 4.69) is 10.2 Å². The fourth-order valence-corrected chi connectivity index (χ4v) is 2.34. The second-order valence-corrected chi connectivity index (χ2v) is 5.89. The summed E-state index contributed by atoms with van der Waals surface area (Å²) in [6.45, 7) is 6.33. The highest BCUT2D eigenvalue weighted by Crippen LogP contribution is 2.37. The Bertz CT molecular complexity index is 652. The molecule has 28 heavy (non-hydrogen) atoms. The molecule has 5 nitrogen and oxygen atoms in total. The number of hydrogen-bond donors (Lipinski definition) is 2. The molecule has 0 heterocycles. The maximum Gasteiger partial charge on any atom is 0.416 e. The van der Waals surface area contributed by atoms with Crippen molar-refractivity contribution < 1.29 is 35.9 Å². The SMILES string of the molecule is CCN(CC)CCCNC(=O)C(=O)Nc1cc(C(F)(F)F)cc(C(F)(F)F)c1. The number of amides is 2. The summed E-state index contributed by atoms with van der Waals surface area (Å²) in [4.78, 5) is 25.6. The van der Waals surface area contributed by atoms with Gasteiger partial charge in [-0.3, -0.25) is 9.59 Å². The van der Waals surface area contributed by atoms with Crippen LogP contribution in [0.4, 0.5) is 32.0 Å². The number of halogens is 6. The van der Waals surface area contributed by atoms with Crippen LogP contribution in [0.1, 0.15) is 31.4 Å². The van der Waals surface area contributed by atoms with Crippen LogP contribution in [0.15, 0.2) is 18.2 Å². The number of alkyl halides is 6. The molecule has 0 aliphatic carbocycles. The fraction of sp³-hybridized carbons (Fsp3) is 0.529. The van der Waals surface area contributed by atoms with Crippen LogP contribution in [0, 0.1) is 0 Å². The first-order valence-corrected chi connectivity index (χ1v) is 8.49. The molecule has 0 unspecified atom stereocenters. The highest BCUT2D eigenvalue weighted by molar-refractivity contribution is 6.39. The van der Waals surface area contributed by atoms with Gasteiger partial charge in [-0.1, -0.05) is 13.8 Å². The number of anilines is 1. The van der Waals surface area contributed by atoms with E-state index in [1.807, 2.05) is 13.8 Å². The number of nitrogens with one attached hydrogen (secondary N) is 2. The summed E-state index contributed by atoms with van der Waals surface area (Å²) < 4.78 is 76.8. The average molecular weight is 413 g/mol. The van der Waals surface area contributed by atoms with E-state index in [1.165, 1.54) is 0 Å². The van der Waals surface area contributed by atoms with Gasteiger partial charge in [0.25, 0.3) is 0 Å². The van der Waals surface area contributed by atoms with E-state index < -0.39 is 41.0 Å². The number of carbonyl (C=O) groups is 2. The van der Waals surface area contributed by atoms with Gasteiger partial charge in [-0.15, -0.1) is 0 Å². The van der Waals surface area contributed by atoms with E-state index in [9.17, 15) is 35.9 Å². The van der Waals surface area contributed by atoms with Crippen molar-refractivity contribution in [1.82, 2.24) is 10.2 Å². The van der Waals surface area contributed by atoms with Crippen molar-refractivity contribution in [2.75, 3.05) is 31.5 Å². The Balaban J connectivity index is 2.78. The predicted octanol–water partition coefficient (Wildman–Crippen LogP) is 3.51. The monoisotopic (exact) mass is 413 g/mol. The maximum absolute atomic E-state index is 12.8. The van der Waals surface area contributed by atoms with Gasteiger partial charge in [0.1, 0.15) is 0 Å². The molecule has 0 radical (unpaired) electrons. The highest BCUT2D eigenvalue weighted by atomic mass is 19.4. The topological polar surface area (TPSA) is 61.4 Å². The van der Waals surface area contributed by atoms with Crippen molar-refractivity contribution in [1.29, 1.82) is 0 Å². The van der Waals surface area contributed by atoms with Crippen molar-refractivity contribution in [2.24, 2.45) is 0 Å². The van der Waals surface area contributed by atoms with Gasteiger partial charge in [0.15, 0.2) is 0 Å². The lowest BCUT2D eigenvalue weighted by atomic mass is 10.1. The molecule has 1 aromatic carbocycles. The number of benzene rings is 1. The molecule has 0 atom stereocenters. The van der Waals surface area contributed by atoms with E-state index in [1.54, 1.807) is 5.32 Å². The zero-order chi connectivity index (χ0) is 21.5. The second-order valence-electron chi connectivity index (χ2n) is 5.89. The molecule has 1 aromatic rings. The van der Waals surface area contributed by atoms with Gasteiger partial charge in [-0.2, -0.15) is 26.3 Å². The minimum absolute atomic E-state index is 0.0665. The number of hydrogen-bond acceptors (Lipinski definition) is 3. The Morgan fingerprint density at radius 2 is 1.39 bits per heavy atom. The molecule has 1 rings (SSSR count). The van der Waals surface area contributed by atoms with Crippen LogP contribution in [-0.2, 0) is 21.9 Å². The lowest BCUT2D eigenvalue weighted by Gasteiger charge is -2.17. The fourth-order valence-electron chi connectivity index (χ4n) is 2.34. The second kappa shape index (κ2) is 9.76. The smallest absolute Gasteiger partial charge is 0.348 e. The largest absolute Gasteiger partial charge is 0.416 e. The van der Waals surface area contributed by atoms with Crippen molar-refractivity contribution >= 4 is 17.5 Å². The Morgan fingerprint density at radius 3 is 1.82 bits per heavy atom. The molecule has 0 aromatic heterocycles. The third kappa shape index (κ3) is 7.37. The third-order valence-electron chi connectivity index (χ3n) is 3.88. The van der Waals surface area contributed by atoms with Gasteiger partial charge >= 0.3 is 24.2 Å². The molecular weight excluding hydrogens is 392 g/mol. The molecule has 0 aliphatic heterocycles. The van der Waals surface area contributed by atoms with E-state index in [0.29, 0.717) is 25.1 Å².